The van der Waals surface area contributed by atoms with E-state index in [9.17, 15) is 14.4 Å². The Balaban J connectivity index is 2.21. The fourth-order valence-corrected chi connectivity index (χ4v) is 2.02. The maximum atomic E-state index is 12.1. The number of ketones is 2. The lowest BCUT2D eigenvalue weighted by Crippen LogP contribution is -2.13. The number of esters is 1. The van der Waals surface area contributed by atoms with Gasteiger partial charge in [0, 0.05) is 10.6 Å². The number of aromatic nitrogens is 1. The van der Waals surface area contributed by atoms with Gasteiger partial charge in [0.25, 0.3) is 0 Å². The van der Waals surface area contributed by atoms with E-state index >= 15 is 0 Å². The van der Waals surface area contributed by atoms with Crippen LogP contribution >= 0.6 is 11.6 Å². The van der Waals surface area contributed by atoms with E-state index in [0.717, 1.165) is 0 Å². The molecule has 0 amide bonds. The molecule has 1 aromatic heterocycles. The van der Waals surface area contributed by atoms with Crippen molar-refractivity contribution < 1.29 is 19.1 Å². The minimum atomic E-state index is -0.703. The number of nitrogens with zero attached hydrogens (tertiary/aromatic N) is 1. The largest absolute Gasteiger partial charge is 0.464 e. The summed E-state index contributed by atoms with van der Waals surface area (Å²) in [7, 11) is 1.20. The van der Waals surface area contributed by atoms with Gasteiger partial charge in [-0.2, -0.15) is 0 Å². The van der Waals surface area contributed by atoms with Crippen molar-refractivity contribution >= 4 is 29.1 Å². The molecule has 6 heteroatoms. The molecule has 5 nitrogen and oxygen atoms in total. The summed E-state index contributed by atoms with van der Waals surface area (Å²) in [6.07, 6.45) is -0.349. The smallest absolute Gasteiger partial charge is 0.356 e. The van der Waals surface area contributed by atoms with Gasteiger partial charge in [-0.25, -0.2) is 9.78 Å². The number of pyridine rings is 1. The fraction of sp³-hybridized carbons (Fsp3) is 0.125. The van der Waals surface area contributed by atoms with Gasteiger partial charge >= 0.3 is 5.97 Å². The van der Waals surface area contributed by atoms with E-state index in [1.807, 2.05) is 0 Å². The van der Waals surface area contributed by atoms with Gasteiger partial charge in [0.05, 0.1) is 13.5 Å². The van der Waals surface area contributed by atoms with E-state index in [1.54, 1.807) is 30.3 Å². The molecule has 0 bridgehead atoms. The van der Waals surface area contributed by atoms with Crippen molar-refractivity contribution in [2.75, 3.05) is 7.11 Å². The third-order valence-corrected chi connectivity index (χ3v) is 3.11. The molecule has 22 heavy (non-hydrogen) atoms. The first-order valence-electron chi connectivity index (χ1n) is 6.38. The number of hydrogen-bond acceptors (Lipinski definition) is 5. The number of Topliss-reactive ketones (excluding diaryl/α,β-unsaturated/α-hetero) is 2. The standard InChI is InChI=1S/C16H12ClNO4/c1-22-16(21)13-8-11(17)7-12(18-13)15(20)9-14(19)10-5-3-2-4-6-10/h2-8H,9H2,1H3. The molecule has 112 valence electrons. The number of hydrogen-bond donors (Lipinski definition) is 0. The van der Waals surface area contributed by atoms with Crippen molar-refractivity contribution in [3.63, 3.8) is 0 Å². The van der Waals surface area contributed by atoms with Crippen LogP contribution in [-0.4, -0.2) is 29.6 Å². The highest BCUT2D eigenvalue weighted by atomic mass is 35.5. The van der Waals surface area contributed by atoms with Crippen LogP contribution in [0.4, 0.5) is 0 Å². The molecule has 0 saturated heterocycles. The summed E-state index contributed by atoms with van der Waals surface area (Å²) in [6.45, 7) is 0. The maximum absolute atomic E-state index is 12.1. The van der Waals surface area contributed by atoms with Gasteiger partial charge < -0.3 is 4.74 Å². The summed E-state index contributed by atoms with van der Waals surface area (Å²) < 4.78 is 4.54. The normalized spacial score (nSPS) is 10.1. The maximum Gasteiger partial charge on any atom is 0.356 e. The molecule has 0 aliphatic carbocycles. The van der Waals surface area contributed by atoms with Crippen LogP contribution in [0, 0.1) is 0 Å². The van der Waals surface area contributed by atoms with Gasteiger partial charge in [0.1, 0.15) is 5.69 Å². The minimum Gasteiger partial charge on any atom is -0.464 e. The van der Waals surface area contributed by atoms with E-state index in [2.05, 4.69) is 9.72 Å². The summed E-state index contributed by atoms with van der Waals surface area (Å²) >= 11 is 5.86. The monoisotopic (exact) mass is 317 g/mol. The summed E-state index contributed by atoms with van der Waals surface area (Å²) in [5.74, 6) is -1.54. The first-order valence-corrected chi connectivity index (χ1v) is 6.76. The summed E-state index contributed by atoms with van der Waals surface area (Å²) in [6, 6.07) is 11.1. The van der Waals surface area contributed by atoms with Crippen LogP contribution in [0.2, 0.25) is 5.02 Å². The summed E-state index contributed by atoms with van der Waals surface area (Å²) in [5.41, 5.74) is 0.314. The van der Waals surface area contributed by atoms with Crippen LogP contribution < -0.4 is 0 Å². The van der Waals surface area contributed by atoms with Crippen LogP contribution in [0.25, 0.3) is 0 Å². The number of carbonyl (C=O) groups is 3. The molecule has 0 saturated carbocycles. The van der Waals surface area contributed by atoms with Gasteiger partial charge in [0.15, 0.2) is 17.3 Å². The predicted octanol–water partition coefficient (Wildman–Crippen LogP) is 2.98. The number of ether oxygens (including phenoxy) is 1. The summed E-state index contributed by atoms with van der Waals surface area (Å²) in [4.78, 5) is 39.5. The van der Waals surface area contributed by atoms with Gasteiger partial charge in [-0.05, 0) is 12.1 Å². The van der Waals surface area contributed by atoms with Crippen molar-refractivity contribution in [3.05, 3.63) is 64.4 Å². The molecular weight excluding hydrogens is 306 g/mol. The van der Waals surface area contributed by atoms with Crippen LogP contribution in [-0.2, 0) is 4.74 Å². The minimum absolute atomic E-state index is 0.0443. The number of halogens is 1. The molecule has 0 unspecified atom stereocenters. The molecule has 0 fully saturated rings. The number of rotatable bonds is 5. The number of methoxy groups -OCH3 is 1. The van der Waals surface area contributed by atoms with Gasteiger partial charge in [-0.1, -0.05) is 41.9 Å². The molecule has 2 aromatic rings. The molecule has 2 rings (SSSR count). The lowest BCUT2D eigenvalue weighted by molar-refractivity contribution is 0.0594. The molecule has 1 aromatic carbocycles. The topological polar surface area (TPSA) is 73.3 Å². The van der Waals surface area contributed by atoms with Crippen molar-refractivity contribution in [2.45, 2.75) is 6.42 Å². The molecule has 0 radical (unpaired) electrons. The van der Waals surface area contributed by atoms with E-state index in [1.165, 1.54) is 19.2 Å². The Morgan fingerprint density at radius 1 is 1.05 bits per heavy atom. The fourth-order valence-electron chi connectivity index (χ4n) is 1.81. The SMILES string of the molecule is COC(=O)c1cc(Cl)cc(C(=O)CC(=O)c2ccccc2)n1. The van der Waals surface area contributed by atoms with Gasteiger partial charge in [-0.15, -0.1) is 0 Å². The predicted molar refractivity (Wildman–Crippen MR) is 80.3 cm³/mol. The zero-order chi connectivity index (χ0) is 16.1. The number of carbonyl (C=O) groups excluding carboxylic acids is 3. The van der Waals surface area contributed by atoms with Crippen LogP contribution in [0.1, 0.15) is 37.8 Å². The quantitative estimate of drug-likeness (QED) is 0.481. The zero-order valence-corrected chi connectivity index (χ0v) is 12.5. The Kier molecular flexibility index (Phi) is 5.01. The average molecular weight is 318 g/mol. The van der Waals surface area contributed by atoms with Gasteiger partial charge in [0.2, 0.25) is 0 Å². The van der Waals surface area contributed by atoms with Crippen LogP contribution in [0.15, 0.2) is 42.5 Å². The van der Waals surface area contributed by atoms with E-state index in [-0.39, 0.29) is 28.6 Å². The van der Waals surface area contributed by atoms with Crippen molar-refractivity contribution in [3.8, 4) is 0 Å². The third-order valence-electron chi connectivity index (χ3n) is 2.89. The highest BCUT2D eigenvalue weighted by Crippen LogP contribution is 2.15. The highest BCUT2D eigenvalue weighted by Gasteiger charge is 2.18. The Labute approximate surface area is 131 Å². The molecule has 0 aliphatic rings. The zero-order valence-electron chi connectivity index (χ0n) is 11.7. The van der Waals surface area contributed by atoms with E-state index < -0.39 is 11.8 Å². The van der Waals surface area contributed by atoms with Crippen molar-refractivity contribution in [1.29, 1.82) is 0 Å². The van der Waals surface area contributed by atoms with Gasteiger partial charge in [-0.3, -0.25) is 9.59 Å². The van der Waals surface area contributed by atoms with Crippen molar-refractivity contribution in [1.82, 2.24) is 4.98 Å². The first-order chi connectivity index (χ1) is 10.5. The summed E-state index contributed by atoms with van der Waals surface area (Å²) in [5, 5.41) is 0.172. The second-order valence-corrected chi connectivity index (χ2v) is 4.87. The molecule has 0 aliphatic heterocycles. The number of benzene rings is 1. The lowest BCUT2D eigenvalue weighted by atomic mass is 10.0. The molecule has 0 N–H and O–H groups in total. The average Bonchev–Trinajstić information content (AvgIpc) is 2.54. The Morgan fingerprint density at radius 3 is 2.32 bits per heavy atom. The first kappa shape index (κ1) is 15.9. The Bertz CT molecular complexity index is 728. The van der Waals surface area contributed by atoms with Crippen LogP contribution in [0.3, 0.4) is 0 Å². The molecule has 0 spiro atoms. The highest BCUT2D eigenvalue weighted by molar-refractivity contribution is 6.31. The second-order valence-electron chi connectivity index (χ2n) is 4.44. The molecular formula is C16H12ClNO4. The van der Waals surface area contributed by atoms with E-state index in [4.69, 9.17) is 11.6 Å². The van der Waals surface area contributed by atoms with E-state index in [0.29, 0.717) is 5.56 Å². The second kappa shape index (κ2) is 6.95. The Hall–Kier alpha value is -2.53. The Morgan fingerprint density at radius 2 is 1.68 bits per heavy atom. The molecule has 0 atom stereocenters. The van der Waals surface area contributed by atoms with Crippen molar-refractivity contribution in [2.24, 2.45) is 0 Å². The lowest BCUT2D eigenvalue weighted by Gasteiger charge is -2.04. The third kappa shape index (κ3) is 3.77. The molecule has 1 heterocycles. The van der Waals surface area contributed by atoms with Crippen LogP contribution in [0.5, 0.6) is 0 Å².